The van der Waals surface area contributed by atoms with Crippen LogP contribution in [0.15, 0.2) is 18.2 Å². The number of carbonyl (C=O) groups is 1. The maximum atomic E-state index is 11.0. The van der Waals surface area contributed by atoms with Gasteiger partial charge in [-0.15, -0.1) is 0 Å². The molecule has 0 saturated heterocycles. The summed E-state index contributed by atoms with van der Waals surface area (Å²) in [6.45, 7) is 0. The highest BCUT2D eigenvalue weighted by Crippen LogP contribution is 2.22. The van der Waals surface area contributed by atoms with Crippen LogP contribution in [-0.4, -0.2) is 25.1 Å². The highest BCUT2D eigenvalue weighted by molar-refractivity contribution is 5.73. The zero-order valence-electron chi connectivity index (χ0n) is 8.93. The topological polar surface area (TPSA) is 78.7 Å². The van der Waals surface area contributed by atoms with Crippen LogP contribution in [0.2, 0.25) is 0 Å². The summed E-state index contributed by atoms with van der Waals surface area (Å²) in [5.74, 6) is -0.115. The van der Waals surface area contributed by atoms with Crippen molar-refractivity contribution in [3.63, 3.8) is 0 Å². The van der Waals surface area contributed by atoms with Crippen LogP contribution in [0.5, 0.6) is 5.75 Å². The number of hydrogen-bond donors (Lipinski definition) is 0. The number of benzene rings is 1. The van der Waals surface area contributed by atoms with Crippen molar-refractivity contribution in [3.8, 4) is 5.75 Å². The zero-order chi connectivity index (χ0) is 12.1. The van der Waals surface area contributed by atoms with Crippen LogP contribution in [0.4, 0.5) is 5.69 Å². The van der Waals surface area contributed by atoms with Gasteiger partial charge >= 0.3 is 5.97 Å². The van der Waals surface area contributed by atoms with Crippen molar-refractivity contribution in [2.24, 2.45) is 0 Å². The molecule has 16 heavy (non-hydrogen) atoms. The first kappa shape index (κ1) is 12.0. The molecule has 0 saturated carbocycles. The van der Waals surface area contributed by atoms with E-state index in [1.807, 2.05) is 0 Å². The van der Waals surface area contributed by atoms with E-state index in [9.17, 15) is 14.9 Å². The summed E-state index contributed by atoms with van der Waals surface area (Å²) in [4.78, 5) is 21.1. The van der Waals surface area contributed by atoms with Crippen molar-refractivity contribution in [3.05, 3.63) is 33.9 Å². The molecule has 0 aliphatic heterocycles. The van der Waals surface area contributed by atoms with Gasteiger partial charge in [0.1, 0.15) is 5.75 Å². The quantitative estimate of drug-likeness (QED) is 0.438. The molecule has 0 aliphatic carbocycles. The SMILES string of the molecule is COC(=O)Cc1cc(OC)cc([N+](=O)[O-])c1. The summed E-state index contributed by atoms with van der Waals surface area (Å²) < 4.78 is 9.38. The fourth-order valence-corrected chi connectivity index (χ4v) is 1.21. The molecule has 0 spiro atoms. The predicted octanol–water partition coefficient (Wildman–Crippen LogP) is 1.32. The Morgan fingerprint density at radius 1 is 1.38 bits per heavy atom. The summed E-state index contributed by atoms with van der Waals surface area (Å²) in [5.41, 5.74) is 0.371. The lowest BCUT2D eigenvalue weighted by Crippen LogP contribution is -2.05. The van der Waals surface area contributed by atoms with E-state index in [0.29, 0.717) is 11.3 Å². The van der Waals surface area contributed by atoms with E-state index in [0.717, 1.165) is 0 Å². The van der Waals surface area contributed by atoms with Crippen molar-refractivity contribution in [2.75, 3.05) is 14.2 Å². The van der Waals surface area contributed by atoms with E-state index < -0.39 is 10.9 Å². The van der Waals surface area contributed by atoms with Gasteiger partial charge in [-0.2, -0.15) is 0 Å². The molecular formula is C10H11NO5. The van der Waals surface area contributed by atoms with Gasteiger partial charge in [-0.1, -0.05) is 0 Å². The molecule has 0 unspecified atom stereocenters. The van der Waals surface area contributed by atoms with E-state index in [2.05, 4.69) is 4.74 Å². The Kier molecular flexibility index (Phi) is 3.82. The number of rotatable bonds is 4. The van der Waals surface area contributed by atoms with E-state index in [-0.39, 0.29) is 12.1 Å². The summed E-state index contributed by atoms with van der Waals surface area (Å²) >= 11 is 0. The molecule has 0 fully saturated rings. The van der Waals surface area contributed by atoms with Gasteiger partial charge < -0.3 is 9.47 Å². The van der Waals surface area contributed by atoms with Crippen molar-refractivity contribution in [2.45, 2.75) is 6.42 Å². The molecule has 0 atom stereocenters. The second-order valence-electron chi connectivity index (χ2n) is 3.05. The van der Waals surface area contributed by atoms with Crippen molar-refractivity contribution < 1.29 is 19.2 Å². The molecule has 0 amide bonds. The van der Waals surface area contributed by atoms with E-state index in [1.165, 1.54) is 26.4 Å². The summed E-state index contributed by atoms with van der Waals surface area (Å²) in [7, 11) is 2.66. The molecule has 1 aromatic rings. The predicted molar refractivity (Wildman–Crippen MR) is 55.4 cm³/mol. The number of ether oxygens (including phenoxy) is 2. The molecule has 0 N–H and O–H groups in total. The molecule has 0 aromatic heterocycles. The number of methoxy groups -OCH3 is 2. The van der Waals surface area contributed by atoms with Crippen molar-refractivity contribution >= 4 is 11.7 Å². The molecule has 0 radical (unpaired) electrons. The first-order valence-electron chi connectivity index (χ1n) is 4.46. The van der Waals surface area contributed by atoms with Crippen LogP contribution in [0.25, 0.3) is 0 Å². The van der Waals surface area contributed by atoms with Crippen LogP contribution in [0, 0.1) is 10.1 Å². The van der Waals surface area contributed by atoms with Gasteiger partial charge in [-0.3, -0.25) is 14.9 Å². The normalized spacial score (nSPS) is 9.62. The maximum absolute atomic E-state index is 11.0. The second kappa shape index (κ2) is 5.11. The molecule has 6 heteroatoms. The number of non-ortho nitro benzene ring substituents is 1. The lowest BCUT2D eigenvalue weighted by atomic mass is 10.1. The highest BCUT2D eigenvalue weighted by Gasteiger charge is 2.12. The number of carbonyl (C=O) groups excluding carboxylic acids is 1. The minimum absolute atomic E-state index is 0.0193. The Balaban J connectivity index is 3.04. The molecule has 86 valence electrons. The first-order chi connectivity index (χ1) is 7.56. The van der Waals surface area contributed by atoms with E-state index in [4.69, 9.17) is 4.74 Å². The Morgan fingerprint density at radius 2 is 2.06 bits per heavy atom. The van der Waals surface area contributed by atoms with Crippen LogP contribution in [-0.2, 0) is 16.0 Å². The van der Waals surface area contributed by atoms with Gasteiger partial charge in [0.2, 0.25) is 0 Å². The fourth-order valence-electron chi connectivity index (χ4n) is 1.21. The lowest BCUT2D eigenvalue weighted by Gasteiger charge is -2.04. The molecule has 0 bridgehead atoms. The third kappa shape index (κ3) is 2.94. The van der Waals surface area contributed by atoms with Crippen molar-refractivity contribution in [1.29, 1.82) is 0 Å². The van der Waals surface area contributed by atoms with Gasteiger partial charge in [0.15, 0.2) is 0 Å². The second-order valence-corrected chi connectivity index (χ2v) is 3.05. The molecule has 0 aliphatic rings. The van der Waals surface area contributed by atoms with Gasteiger partial charge in [0, 0.05) is 6.07 Å². The number of nitro groups is 1. The fraction of sp³-hybridized carbons (Fsp3) is 0.300. The molecule has 6 nitrogen and oxygen atoms in total. The largest absolute Gasteiger partial charge is 0.496 e. The van der Waals surface area contributed by atoms with E-state index in [1.54, 1.807) is 6.07 Å². The Labute approximate surface area is 91.9 Å². The number of esters is 1. The smallest absolute Gasteiger partial charge is 0.309 e. The molecule has 1 aromatic carbocycles. The first-order valence-corrected chi connectivity index (χ1v) is 4.46. The standard InChI is InChI=1S/C10H11NO5/c1-15-9-4-7(5-10(12)16-2)3-8(6-9)11(13)14/h3-4,6H,5H2,1-2H3. The third-order valence-corrected chi connectivity index (χ3v) is 1.97. The third-order valence-electron chi connectivity index (χ3n) is 1.97. The molecular weight excluding hydrogens is 214 g/mol. The van der Waals surface area contributed by atoms with Gasteiger partial charge in [-0.25, -0.2) is 0 Å². The summed E-state index contributed by atoms with van der Waals surface area (Å²) in [5, 5.41) is 10.6. The average Bonchev–Trinajstić information content (AvgIpc) is 2.28. The van der Waals surface area contributed by atoms with Gasteiger partial charge in [0.05, 0.1) is 31.6 Å². The van der Waals surface area contributed by atoms with Crippen LogP contribution >= 0.6 is 0 Å². The van der Waals surface area contributed by atoms with Crippen molar-refractivity contribution in [1.82, 2.24) is 0 Å². The van der Waals surface area contributed by atoms with Crippen LogP contribution < -0.4 is 4.74 Å². The number of nitro benzene ring substituents is 1. The van der Waals surface area contributed by atoms with Gasteiger partial charge in [-0.05, 0) is 11.6 Å². The van der Waals surface area contributed by atoms with Crippen LogP contribution in [0.3, 0.4) is 0 Å². The summed E-state index contributed by atoms with van der Waals surface area (Å²) in [6, 6.07) is 4.17. The number of nitrogens with zero attached hydrogens (tertiary/aromatic N) is 1. The molecule has 1 rings (SSSR count). The highest BCUT2D eigenvalue weighted by atomic mass is 16.6. The summed E-state index contributed by atoms with van der Waals surface area (Å²) in [6.07, 6.45) is -0.0193. The maximum Gasteiger partial charge on any atom is 0.309 e. The minimum Gasteiger partial charge on any atom is -0.496 e. The Morgan fingerprint density at radius 3 is 2.56 bits per heavy atom. The van der Waals surface area contributed by atoms with Crippen LogP contribution in [0.1, 0.15) is 5.56 Å². The monoisotopic (exact) mass is 225 g/mol. The molecule has 0 heterocycles. The number of hydrogen-bond acceptors (Lipinski definition) is 5. The zero-order valence-corrected chi connectivity index (χ0v) is 8.93. The lowest BCUT2D eigenvalue weighted by molar-refractivity contribution is -0.385. The minimum atomic E-state index is -0.538. The van der Waals surface area contributed by atoms with E-state index >= 15 is 0 Å². The average molecular weight is 225 g/mol. The Hall–Kier alpha value is -2.11. The Bertz CT molecular complexity index is 416. The van der Waals surface area contributed by atoms with Gasteiger partial charge in [0.25, 0.3) is 5.69 Å².